The van der Waals surface area contributed by atoms with E-state index in [-0.39, 0.29) is 12.5 Å². The number of anilines is 1. The van der Waals surface area contributed by atoms with Crippen molar-refractivity contribution in [2.75, 3.05) is 18.5 Å². The Bertz CT molecular complexity index is 597. The number of nitrogens with zero attached hydrogens (tertiary/aromatic N) is 1. The largest absolute Gasteiger partial charge is 0.490 e. The fraction of sp³-hybridized carbons (Fsp3) is 0.250. The lowest BCUT2D eigenvalue weighted by atomic mass is 10.3. The van der Waals surface area contributed by atoms with E-state index in [0.29, 0.717) is 23.8 Å². The van der Waals surface area contributed by atoms with Crippen LogP contribution < -0.4 is 14.8 Å². The van der Waals surface area contributed by atoms with Crippen LogP contribution in [0.2, 0.25) is 0 Å². The molecule has 0 spiro atoms. The third-order valence-electron chi connectivity index (χ3n) is 2.70. The molecule has 1 amide bonds. The molecule has 0 aliphatic carbocycles. The highest BCUT2D eigenvalue weighted by atomic mass is 16.5. The van der Waals surface area contributed by atoms with Gasteiger partial charge in [0.15, 0.2) is 18.1 Å². The SMILES string of the molecule is CCOc1ccccc1OCC(=O)Nc1ccc(C)nc1. The minimum absolute atomic E-state index is 0.0854. The topological polar surface area (TPSA) is 60.5 Å². The number of carbonyl (C=O) groups excluding carboxylic acids is 1. The standard InChI is InChI=1S/C16H18N2O3/c1-3-20-14-6-4-5-7-15(14)21-11-16(19)18-13-9-8-12(2)17-10-13/h4-10H,3,11H2,1-2H3,(H,18,19). The minimum Gasteiger partial charge on any atom is -0.490 e. The zero-order valence-corrected chi connectivity index (χ0v) is 12.1. The number of aromatic nitrogens is 1. The third kappa shape index (κ3) is 4.49. The second kappa shape index (κ2) is 7.28. The van der Waals surface area contributed by atoms with Crippen LogP contribution in [-0.2, 0) is 4.79 Å². The molecule has 0 saturated heterocycles. The highest BCUT2D eigenvalue weighted by molar-refractivity contribution is 5.91. The average molecular weight is 286 g/mol. The smallest absolute Gasteiger partial charge is 0.262 e. The van der Waals surface area contributed by atoms with Crippen molar-refractivity contribution in [2.45, 2.75) is 13.8 Å². The van der Waals surface area contributed by atoms with Crippen molar-refractivity contribution in [1.82, 2.24) is 4.98 Å². The van der Waals surface area contributed by atoms with Crippen molar-refractivity contribution in [3.8, 4) is 11.5 Å². The summed E-state index contributed by atoms with van der Waals surface area (Å²) in [6.45, 7) is 4.24. The maximum atomic E-state index is 11.8. The first kappa shape index (κ1) is 14.8. The predicted molar refractivity (Wildman–Crippen MR) is 80.7 cm³/mol. The summed E-state index contributed by atoms with van der Waals surface area (Å²) in [6, 6.07) is 10.9. The molecule has 0 fully saturated rings. The molecule has 2 rings (SSSR count). The first-order chi connectivity index (χ1) is 10.2. The van der Waals surface area contributed by atoms with Gasteiger partial charge in [0.1, 0.15) is 0 Å². The molecule has 1 N–H and O–H groups in total. The number of nitrogens with one attached hydrogen (secondary N) is 1. The van der Waals surface area contributed by atoms with E-state index in [1.807, 2.05) is 32.0 Å². The molecular formula is C16H18N2O3. The van der Waals surface area contributed by atoms with Crippen molar-refractivity contribution in [3.63, 3.8) is 0 Å². The summed E-state index contributed by atoms with van der Waals surface area (Å²) in [6.07, 6.45) is 1.61. The predicted octanol–water partition coefficient (Wildman–Crippen LogP) is 2.81. The van der Waals surface area contributed by atoms with Crippen molar-refractivity contribution < 1.29 is 14.3 Å². The van der Waals surface area contributed by atoms with E-state index in [2.05, 4.69) is 10.3 Å². The molecule has 5 nitrogen and oxygen atoms in total. The fourth-order valence-corrected chi connectivity index (χ4v) is 1.73. The number of aryl methyl sites for hydroxylation is 1. The number of carbonyl (C=O) groups is 1. The zero-order chi connectivity index (χ0) is 15.1. The van der Waals surface area contributed by atoms with Gasteiger partial charge in [-0.1, -0.05) is 12.1 Å². The first-order valence-electron chi connectivity index (χ1n) is 6.76. The lowest BCUT2D eigenvalue weighted by Crippen LogP contribution is -2.20. The molecule has 0 aliphatic heterocycles. The number of benzene rings is 1. The van der Waals surface area contributed by atoms with Crippen LogP contribution in [0.15, 0.2) is 42.6 Å². The molecular weight excluding hydrogens is 268 g/mol. The molecule has 110 valence electrons. The van der Waals surface area contributed by atoms with Gasteiger partial charge in [-0.15, -0.1) is 0 Å². The summed E-state index contributed by atoms with van der Waals surface area (Å²) < 4.78 is 10.9. The van der Waals surface area contributed by atoms with Crippen LogP contribution in [0, 0.1) is 6.92 Å². The molecule has 5 heteroatoms. The molecule has 0 bridgehead atoms. The van der Waals surface area contributed by atoms with Crippen LogP contribution >= 0.6 is 0 Å². The van der Waals surface area contributed by atoms with Gasteiger partial charge in [-0.25, -0.2) is 0 Å². The van der Waals surface area contributed by atoms with Gasteiger partial charge in [-0.2, -0.15) is 0 Å². The minimum atomic E-state index is -0.244. The van der Waals surface area contributed by atoms with E-state index >= 15 is 0 Å². The van der Waals surface area contributed by atoms with E-state index in [0.717, 1.165) is 5.69 Å². The van der Waals surface area contributed by atoms with Crippen LogP contribution in [0.3, 0.4) is 0 Å². The van der Waals surface area contributed by atoms with Gasteiger partial charge < -0.3 is 14.8 Å². The lowest BCUT2D eigenvalue weighted by Gasteiger charge is -2.11. The number of hydrogen-bond acceptors (Lipinski definition) is 4. The summed E-state index contributed by atoms with van der Waals surface area (Å²) in [7, 11) is 0. The Morgan fingerprint density at radius 3 is 2.48 bits per heavy atom. The molecule has 0 radical (unpaired) electrons. The molecule has 21 heavy (non-hydrogen) atoms. The van der Waals surface area contributed by atoms with Crippen LogP contribution in [0.5, 0.6) is 11.5 Å². The summed E-state index contributed by atoms with van der Waals surface area (Å²) >= 11 is 0. The Kier molecular flexibility index (Phi) is 5.15. The van der Waals surface area contributed by atoms with Crippen molar-refractivity contribution in [3.05, 3.63) is 48.3 Å². The maximum Gasteiger partial charge on any atom is 0.262 e. The molecule has 0 unspecified atom stereocenters. The maximum absolute atomic E-state index is 11.8. The second-order valence-corrected chi connectivity index (χ2v) is 4.40. The van der Waals surface area contributed by atoms with Gasteiger partial charge in [-0.05, 0) is 38.1 Å². The summed E-state index contributed by atoms with van der Waals surface area (Å²) in [5.41, 5.74) is 1.54. The Balaban J connectivity index is 1.90. The third-order valence-corrected chi connectivity index (χ3v) is 2.70. The number of rotatable bonds is 6. The van der Waals surface area contributed by atoms with Crippen LogP contribution in [0.4, 0.5) is 5.69 Å². The highest BCUT2D eigenvalue weighted by Crippen LogP contribution is 2.26. The molecule has 1 heterocycles. The summed E-state index contributed by atoms with van der Waals surface area (Å²) in [5, 5.41) is 2.72. The molecule has 1 aromatic carbocycles. The van der Waals surface area contributed by atoms with Gasteiger partial charge in [0.05, 0.1) is 18.5 Å². The monoisotopic (exact) mass is 286 g/mol. The average Bonchev–Trinajstić information content (AvgIpc) is 2.49. The number of pyridine rings is 1. The Hall–Kier alpha value is -2.56. The van der Waals surface area contributed by atoms with Gasteiger partial charge in [0, 0.05) is 5.69 Å². The van der Waals surface area contributed by atoms with Gasteiger partial charge in [0.25, 0.3) is 5.91 Å². The van der Waals surface area contributed by atoms with E-state index in [9.17, 15) is 4.79 Å². The highest BCUT2D eigenvalue weighted by Gasteiger charge is 2.07. The van der Waals surface area contributed by atoms with Crippen molar-refractivity contribution in [1.29, 1.82) is 0 Å². The lowest BCUT2D eigenvalue weighted by molar-refractivity contribution is -0.118. The first-order valence-corrected chi connectivity index (χ1v) is 6.76. The van der Waals surface area contributed by atoms with Crippen molar-refractivity contribution in [2.24, 2.45) is 0 Å². The fourth-order valence-electron chi connectivity index (χ4n) is 1.73. The summed E-state index contributed by atoms with van der Waals surface area (Å²) in [5.74, 6) is 0.938. The number of hydrogen-bond donors (Lipinski definition) is 1. The molecule has 0 aliphatic rings. The van der Waals surface area contributed by atoms with Crippen LogP contribution in [0.25, 0.3) is 0 Å². The number of amides is 1. The number of ether oxygens (including phenoxy) is 2. The van der Waals surface area contributed by atoms with E-state index in [1.54, 1.807) is 24.4 Å². The van der Waals surface area contributed by atoms with Gasteiger partial charge in [0.2, 0.25) is 0 Å². The molecule has 0 saturated carbocycles. The zero-order valence-electron chi connectivity index (χ0n) is 12.1. The van der Waals surface area contributed by atoms with Crippen LogP contribution in [-0.4, -0.2) is 24.1 Å². The Morgan fingerprint density at radius 2 is 1.86 bits per heavy atom. The molecule has 2 aromatic rings. The van der Waals surface area contributed by atoms with Crippen LogP contribution in [0.1, 0.15) is 12.6 Å². The van der Waals surface area contributed by atoms with Crippen molar-refractivity contribution >= 4 is 11.6 Å². The van der Waals surface area contributed by atoms with E-state index in [4.69, 9.17) is 9.47 Å². The molecule has 0 atom stereocenters. The van der Waals surface area contributed by atoms with Gasteiger partial charge >= 0.3 is 0 Å². The van der Waals surface area contributed by atoms with E-state index < -0.39 is 0 Å². The van der Waals surface area contributed by atoms with Gasteiger partial charge in [-0.3, -0.25) is 9.78 Å². The van der Waals surface area contributed by atoms with E-state index in [1.165, 1.54) is 0 Å². The second-order valence-electron chi connectivity index (χ2n) is 4.40. The Morgan fingerprint density at radius 1 is 1.14 bits per heavy atom. The molecule has 1 aromatic heterocycles. The normalized spacial score (nSPS) is 10.0. The summed E-state index contributed by atoms with van der Waals surface area (Å²) in [4.78, 5) is 15.9. The quantitative estimate of drug-likeness (QED) is 0.887. The number of para-hydroxylation sites is 2. The Labute approximate surface area is 123 Å².